The van der Waals surface area contributed by atoms with Gasteiger partial charge in [0, 0.05) is 44.2 Å². The van der Waals surface area contributed by atoms with Crippen molar-refractivity contribution in [1.29, 1.82) is 0 Å². The quantitative estimate of drug-likeness (QED) is 0.684. The van der Waals surface area contributed by atoms with Gasteiger partial charge in [0.1, 0.15) is 0 Å². The Labute approximate surface area is 150 Å². The Morgan fingerprint density at radius 2 is 2.12 bits per heavy atom. The van der Waals surface area contributed by atoms with Crippen LogP contribution >= 0.6 is 12.4 Å². The average molecular weight is 359 g/mol. The van der Waals surface area contributed by atoms with Crippen molar-refractivity contribution in [3.8, 4) is 0 Å². The van der Waals surface area contributed by atoms with E-state index in [1.165, 1.54) is 11.3 Å². The number of halogens is 1. The first-order valence-electron chi connectivity index (χ1n) is 8.56. The number of nitrogens with one attached hydrogen (secondary N) is 2. The Bertz CT molecular complexity index is 545. The summed E-state index contributed by atoms with van der Waals surface area (Å²) in [4.78, 5) is 12.0. The van der Waals surface area contributed by atoms with Gasteiger partial charge in [-0.05, 0) is 31.7 Å². The molecule has 0 spiro atoms. The highest BCUT2D eigenvalue weighted by molar-refractivity contribution is 5.85. The summed E-state index contributed by atoms with van der Waals surface area (Å²) in [5, 5.41) is 20.4. The zero-order chi connectivity index (χ0) is 17.0. The predicted molar refractivity (Wildman–Crippen MR) is 97.5 cm³/mol. The van der Waals surface area contributed by atoms with Gasteiger partial charge in [0.05, 0.1) is 11.8 Å². The molecule has 1 fully saturated rings. The molecule has 0 aliphatic carbocycles. The van der Waals surface area contributed by atoms with E-state index in [1.807, 2.05) is 11.6 Å². The molecule has 7 heteroatoms. The Kier molecular flexibility index (Phi) is 8.19. The molecule has 0 saturated carbocycles. The predicted octanol–water partition coefficient (Wildman–Crippen LogP) is 1.21. The number of aryl methyl sites for hydroxylation is 1. The summed E-state index contributed by atoms with van der Waals surface area (Å²) >= 11 is 0. The molecule has 2 heterocycles. The van der Waals surface area contributed by atoms with Crippen LogP contribution in [0, 0.1) is 25.7 Å². The maximum Gasteiger partial charge on any atom is 0.220 e. The third-order valence-corrected chi connectivity index (χ3v) is 4.54. The molecule has 2 atom stereocenters. The second-order valence-electron chi connectivity index (χ2n) is 7.02. The summed E-state index contributed by atoms with van der Waals surface area (Å²) in [6.07, 6.45) is 0.826. The minimum absolute atomic E-state index is 0. The molecule has 1 saturated heterocycles. The van der Waals surface area contributed by atoms with Gasteiger partial charge in [0.2, 0.25) is 5.91 Å². The molecular formula is C17H31ClN4O2. The number of carbonyl (C=O) groups excluding carboxylic acids is 1. The summed E-state index contributed by atoms with van der Waals surface area (Å²) in [5.41, 5.74) is 3.37. The Morgan fingerprint density at radius 1 is 1.42 bits per heavy atom. The van der Waals surface area contributed by atoms with E-state index < -0.39 is 0 Å². The maximum absolute atomic E-state index is 12.0. The van der Waals surface area contributed by atoms with Gasteiger partial charge in [-0.2, -0.15) is 5.10 Å². The van der Waals surface area contributed by atoms with Crippen LogP contribution in [0.1, 0.15) is 37.2 Å². The summed E-state index contributed by atoms with van der Waals surface area (Å²) in [5.74, 6) is 0.714. The van der Waals surface area contributed by atoms with Gasteiger partial charge in [0.25, 0.3) is 0 Å². The Balaban J connectivity index is 0.00000288. The van der Waals surface area contributed by atoms with Crippen LogP contribution in [0.2, 0.25) is 0 Å². The molecule has 1 aliphatic rings. The fourth-order valence-corrected chi connectivity index (χ4v) is 3.12. The van der Waals surface area contributed by atoms with Crippen molar-refractivity contribution in [3.63, 3.8) is 0 Å². The molecule has 24 heavy (non-hydrogen) atoms. The molecule has 1 aromatic rings. The van der Waals surface area contributed by atoms with Crippen molar-refractivity contribution in [2.45, 2.75) is 53.2 Å². The van der Waals surface area contributed by atoms with E-state index >= 15 is 0 Å². The molecule has 0 bridgehead atoms. The lowest BCUT2D eigenvalue weighted by Gasteiger charge is -2.14. The van der Waals surface area contributed by atoms with Crippen LogP contribution in [0.15, 0.2) is 0 Å². The van der Waals surface area contributed by atoms with E-state index in [0.717, 1.165) is 18.8 Å². The second kappa shape index (κ2) is 9.39. The fourth-order valence-electron chi connectivity index (χ4n) is 3.12. The van der Waals surface area contributed by atoms with Crippen molar-refractivity contribution >= 4 is 18.3 Å². The first kappa shape index (κ1) is 20.9. The highest BCUT2D eigenvalue weighted by Crippen LogP contribution is 2.16. The Morgan fingerprint density at radius 3 is 2.71 bits per heavy atom. The van der Waals surface area contributed by atoms with E-state index in [4.69, 9.17) is 0 Å². The maximum atomic E-state index is 12.0. The van der Waals surface area contributed by atoms with Gasteiger partial charge in [0.15, 0.2) is 0 Å². The van der Waals surface area contributed by atoms with Crippen LogP contribution in [-0.2, 0) is 17.8 Å². The zero-order valence-electron chi connectivity index (χ0n) is 15.1. The molecule has 1 aliphatic heterocycles. The van der Waals surface area contributed by atoms with Crippen LogP contribution in [-0.4, -0.2) is 46.5 Å². The second-order valence-corrected chi connectivity index (χ2v) is 7.02. The van der Waals surface area contributed by atoms with Crippen molar-refractivity contribution in [3.05, 3.63) is 17.0 Å². The van der Waals surface area contributed by atoms with E-state index in [2.05, 4.69) is 36.5 Å². The number of nitrogens with zero attached hydrogens (tertiary/aromatic N) is 2. The molecule has 2 rings (SSSR count). The number of hydrogen-bond donors (Lipinski definition) is 3. The van der Waals surface area contributed by atoms with Crippen LogP contribution in [0.25, 0.3) is 0 Å². The lowest BCUT2D eigenvalue weighted by molar-refractivity contribution is -0.121. The van der Waals surface area contributed by atoms with Crippen LogP contribution in [0.3, 0.4) is 0 Å². The summed E-state index contributed by atoms with van der Waals surface area (Å²) in [6.45, 7) is 11.3. The molecule has 3 N–H and O–H groups in total. The summed E-state index contributed by atoms with van der Waals surface area (Å²) in [6, 6.07) is 0. The van der Waals surface area contributed by atoms with Crippen LogP contribution in [0.4, 0.5) is 0 Å². The molecule has 2 unspecified atom stereocenters. The topological polar surface area (TPSA) is 79.2 Å². The molecule has 1 aromatic heterocycles. The monoisotopic (exact) mass is 358 g/mol. The SMILES string of the molecule is Cc1nn(CC(C)C)c(C)c1CCC(=O)NCC1CNCC1O.Cl. The zero-order valence-corrected chi connectivity index (χ0v) is 15.9. The van der Waals surface area contributed by atoms with Gasteiger partial charge >= 0.3 is 0 Å². The number of aromatic nitrogens is 2. The van der Waals surface area contributed by atoms with Crippen molar-refractivity contribution in [2.75, 3.05) is 19.6 Å². The molecule has 0 radical (unpaired) electrons. The third kappa shape index (κ3) is 5.46. The largest absolute Gasteiger partial charge is 0.391 e. The van der Waals surface area contributed by atoms with Crippen LogP contribution in [0.5, 0.6) is 0 Å². The number of rotatable bonds is 7. The van der Waals surface area contributed by atoms with Gasteiger partial charge in [-0.1, -0.05) is 13.8 Å². The summed E-state index contributed by atoms with van der Waals surface area (Å²) in [7, 11) is 0. The normalized spacial score (nSPS) is 20.2. The molecule has 1 amide bonds. The van der Waals surface area contributed by atoms with Gasteiger partial charge in [-0.15, -0.1) is 12.4 Å². The average Bonchev–Trinajstić information content (AvgIpc) is 2.99. The molecular weight excluding hydrogens is 328 g/mol. The van der Waals surface area contributed by atoms with E-state index in [9.17, 15) is 9.90 Å². The minimum atomic E-state index is -0.353. The smallest absolute Gasteiger partial charge is 0.220 e. The van der Waals surface area contributed by atoms with E-state index in [1.54, 1.807) is 0 Å². The van der Waals surface area contributed by atoms with Gasteiger partial charge < -0.3 is 15.7 Å². The molecule has 138 valence electrons. The van der Waals surface area contributed by atoms with Crippen LogP contribution < -0.4 is 10.6 Å². The number of amides is 1. The fraction of sp³-hybridized carbons (Fsp3) is 0.765. The number of aliphatic hydroxyl groups excluding tert-OH is 1. The van der Waals surface area contributed by atoms with Crippen molar-refractivity contribution < 1.29 is 9.90 Å². The summed E-state index contributed by atoms with van der Waals surface area (Å²) < 4.78 is 2.05. The lowest BCUT2D eigenvalue weighted by Crippen LogP contribution is -2.34. The first-order chi connectivity index (χ1) is 10.9. The number of carbonyl (C=O) groups is 1. The van der Waals surface area contributed by atoms with Gasteiger partial charge in [-0.25, -0.2) is 0 Å². The number of aliphatic hydroxyl groups is 1. The highest BCUT2D eigenvalue weighted by atomic mass is 35.5. The highest BCUT2D eigenvalue weighted by Gasteiger charge is 2.25. The molecule has 0 aromatic carbocycles. The first-order valence-corrected chi connectivity index (χ1v) is 8.56. The molecule has 6 nitrogen and oxygen atoms in total. The minimum Gasteiger partial charge on any atom is -0.391 e. The van der Waals surface area contributed by atoms with Crippen molar-refractivity contribution in [2.24, 2.45) is 11.8 Å². The lowest BCUT2D eigenvalue weighted by atomic mass is 10.1. The van der Waals surface area contributed by atoms with Crippen molar-refractivity contribution in [1.82, 2.24) is 20.4 Å². The van der Waals surface area contributed by atoms with Gasteiger partial charge in [-0.3, -0.25) is 9.48 Å². The van der Waals surface area contributed by atoms with E-state index in [-0.39, 0.29) is 30.3 Å². The number of hydrogen-bond acceptors (Lipinski definition) is 4. The number of β-amino-alcohol motifs (C(OH)–C–C–N with tert-alkyl or cyclic N) is 1. The Hall–Kier alpha value is -1.11. The third-order valence-electron chi connectivity index (χ3n) is 4.54. The van der Waals surface area contributed by atoms with E-state index in [0.29, 0.717) is 31.8 Å². The standard InChI is InChI=1S/C17H30N4O2.ClH/c1-11(2)10-21-13(4)15(12(3)20-21)5-6-17(23)19-8-14-7-18-9-16(14)22;/h11,14,16,18,22H,5-10H2,1-4H3,(H,19,23);1H.